The summed E-state index contributed by atoms with van der Waals surface area (Å²) in [6.07, 6.45) is 0. The van der Waals surface area contributed by atoms with Crippen LogP contribution >= 0.6 is 0 Å². The van der Waals surface area contributed by atoms with Crippen molar-refractivity contribution < 1.29 is 0 Å². The van der Waals surface area contributed by atoms with Crippen LogP contribution in [0.15, 0.2) is 30.3 Å². The summed E-state index contributed by atoms with van der Waals surface area (Å²) in [6.45, 7) is 3.72. The maximum Gasteiger partial charge on any atom is 0.113 e. The molecule has 1 unspecified atom stereocenters. The number of nitrogens with one attached hydrogen (secondary N) is 1. The van der Waals surface area contributed by atoms with Crippen LogP contribution in [-0.4, -0.2) is 26.2 Å². The first kappa shape index (κ1) is 11.5. The van der Waals surface area contributed by atoms with E-state index in [1.807, 2.05) is 25.2 Å². The van der Waals surface area contributed by atoms with Crippen LogP contribution in [0.25, 0.3) is 0 Å². The number of anilines is 1. The highest BCUT2D eigenvalue weighted by molar-refractivity contribution is 5.46. The Hall–Kier alpha value is -1.53. The van der Waals surface area contributed by atoms with E-state index >= 15 is 0 Å². The summed E-state index contributed by atoms with van der Waals surface area (Å²) in [5, 5.41) is 11.9. The predicted octanol–water partition coefficient (Wildman–Crippen LogP) is 1.62. The molecule has 80 valence electrons. The quantitative estimate of drug-likeness (QED) is 0.790. The summed E-state index contributed by atoms with van der Waals surface area (Å²) >= 11 is 0. The standard InChI is InChI=1S/C12H17N3/c1-3-15(10-11(9-13)14-2)12-7-5-4-6-8-12/h4-8,11,14H,3,10H2,1-2H3. The molecule has 0 spiro atoms. The van der Waals surface area contributed by atoms with Crippen molar-refractivity contribution >= 4 is 5.69 Å². The number of benzene rings is 1. The lowest BCUT2D eigenvalue weighted by Gasteiger charge is -2.25. The summed E-state index contributed by atoms with van der Waals surface area (Å²) in [6, 6.07) is 12.3. The Kier molecular flexibility index (Phi) is 4.65. The van der Waals surface area contributed by atoms with Crippen LogP contribution in [0.4, 0.5) is 5.69 Å². The number of likely N-dealkylation sites (N-methyl/N-ethyl adjacent to an activating group) is 2. The lowest BCUT2D eigenvalue weighted by molar-refractivity contribution is 0.648. The Morgan fingerprint density at radius 2 is 2.07 bits per heavy atom. The molecular formula is C12H17N3. The van der Waals surface area contributed by atoms with Gasteiger partial charge in [0.2, 0.25) is 0 Å². The van der Waals surface area contributed by atoms with Gasteiger partial charge in [-0.05, 0) is 26.1 Å². The first-order valence-electron chi connectivity index (χ1n) is 5.18. The third-order valence-electron chi connectivity index (χ3n) is 2.41. The molecule has 3 heteroatoms. The van der Waals surface area contributed by atoms with Gasteiger partial charge in [0.1, 0.15) is 6.04 Å². The molecule has 1 N–H and O–H groups in total. The Morgan fingerprint density at radius 1 is 1.40 bits per heavy atom. The molecule has 0 bridgehead atoms. The minimum absolute atomic E-state index is 0.120. The molecule has 0 aliphatic carbocycles. The molecule has 0 aromatic heterocycles. The van der Waals surface area contributed by atoms with Gasteiger partial charge in [0, 0.05) is 18.8 Å². The van der Waals surface area contributed by atoms with Gasteiger partial charge in [-0.15, -0.1) is 0 Å². The number of nitrogens with zero attached hydrogens (tertiary/aromatic N) is 2. The lowest BCUT2D eigenvalue weighted by atomic mass is 10.2. The van der Waals surface area contributed by atoms with Crippen LogP contribution in [0.5, 0.6) is 0 Å². The fraction of sp³-hybridized carbons (Fsp3) is 0.417. The van der Waals surface area contributed by atoms with E-state index in [0.29, 0.717) is 6.54 Å². The Morgan fingerprint density at radius 3 is 2.53 bits per heavy atom. The highest BCUT2D eigenvalue weighted by Gasteiger charge is 2.10. The van der Waals surface area contributed by atoms with Crippen LogP contribution in [0.1, 0.15) is 6.92 Å². The number of para-hydroxylation sites is 1. The summed E-state index contributed by atoms with van der Waals surface area (Å²) in [4.78, 5) is 2.18. The van der Waals surface area contributed by atoms with Crippen molar-refractivity contribution in [3.63, 3.8) is 0 Å². The molecule has 1 aromatic rings. The van der Waals surface area contributed by atoms with Gasteiger partial charge in [0.05, 0.1) is 6.07 Å². The second kappa shape index (κ2) is 6.05. The SMILES string of the molecule is CCN(CC(C#N)NC)c1ccccc1. The van der Waals surface area contributed by atoms with Crippen LogP contribution in [0.3, 0.4) is 0 Å². The molecule has 0 aliphatic heterocycles. The van der Waals surface area contributed by atoms with E-state index in [9.17, 15) is 0 Å². The number of hydrogen-bond donors (Lipinski definition) is 1. The zero-order valence-electron chi connectivity index (χ0n) is 9.27. The summed E-state index contributed by atoms with van der Waals surface area (Å²) < 4.78 is 0. The largest absolute Gasteiger partial charge is 0.369 e. The molecule has 1 rings (SSSR count). The van der Waals surface area contributed by atoms with Crippen LogP contribution in [0.2, 0.25) is 0 Å². The normalized spacial score (nSPS) is 11.8. The maximum absolute atomic E-state index is 8.88. The average molecular weight is 203 g/mol. The van der Waals surface area contributed by atoms with Gasteiger partial charge in [0.15, 0.2) is 0 Å². The van der Waals surface area contributed by atoms with Gasteiger partial charge in [-0.25, -0.2) is 0 Å². The molecule has 0 aliphatic rings. The van der Waals surface area contributed by atoms with Crippen molar-refractivity contribution in [1.29, 1.82) is 5.26 Å². The molecule has 0 heterocycles. The highest BCUT2D eigenvalue weighted by Crippen LogP contribution is 2.12. The van der Waals surface area contributed by atoms with Crippen molar-refractivity contribution in [3.8, 4) is 6.07 Å². The summed E-state index contributed by atoms with van der Waals surface area (Å²) in [5.74, 6) is 0. The van der Waals surface area contributed by atoms with E-state index in [-0.39, 0.29) is 6.04 Å². The zero-order valence-corrected chi connectivity index (χ0v) is 9.27. The molecule has 0 fully saturated rings. The van der Waals surface area contributed by atoms with Gasteiger partial charge < -0.3 is 10.2 Å². The average Bonchev–Trinajstić information content (AvgIpc) is 2.32. The molecule has 0 amide bonds. The molecule has 0 radical (unpaired) electrons. The summed E-state index contributed by atoms with van der Waals surface area (Å²) in [5.41, 5.74) is 1.16. The lowest BCUT2D eigenvalue weighted by Crippen LogP contribution is -2.38. The monoisotopic (exact) mass is 203 g/mol. The topological polar surface area (TPSA) is 39.1 Å². The van der Waals surface area contributed by atoms with E-state index in [2.05, 4.69) is 35.3 Å². The number of nitriles is 1. The van der Waals surface area contributed by atoms with Gasteiger partial charge in [-0.1, -0.05) is 18.2 Å². The molecular weight excluding hydrogens is 186 g/mol. The Labute approximate surface area is 91.3 Å². The van der Waals surface area contributed by atoms with Gasteiger partial charge in [-0.3, -0.25) is 0 Å². The highest BCUT2D eigenvalue weighted by atomic mass is 15.1. The van der Waals surface area contributed by atoms with E-state index in [1.54, 1.807) is 0 Å². The maximum atomic E-state index is 8.88. The molecule has 0 saturated carbocycles. The van der Waals surface area contributed by atoms with Gasteiger partial charge in [0.25, 0.3) is 0 Å². The summed E-state index contributed by atoms with van der Waals surface area (Å²) in [7, 11) is 1.81. The minimum atomic E-state index is -0.120. The molecule has 1 aromatic carbocycles. The molecule has 3 nitrogen and oxygen atoms in total. The van der Waals surface area contributed by atoms with Crippen molar-refractivity contribution in [2.45, 2.75) is 13.0 Å². The second-order valence-corrected chi connectivity index (χ2v) is 3.34. The first-order chi connectivity index (χ1) is 7.31. The van der Waals surface area contributed by atoms with Gasteiger partial charge >= 0.3 is 0 Å². The number of rotatable bonds is 5. The fourth-order valence-corrected chi connectivity index (χ4v) is 1.47. The predicted molar refractivity (Wildman–Crippen MR) is 62.8 cm³/mol. The van der Waals surface area contributed by atoms with Gasteiger partial charge in [-0.2, -0.15) is 5.26 Å². The second-order valence-electron chi connectivity index (χ2n) is 3.34. The van der Waals surface area contributed by atoms with Crippen molar-refractivity contribution in [2.75, 3.05) is 25.0 Å². The molecule has 15 heavy (non-hydrogen) atoms. The zero-order chi connectivity index (χ0) is 11.1. The van der Waals surface area contributed by atoms with Crippen LogP contribution < -0.4 is 10.2 Å². The van der Waals surface area contributed by atoms with Crippen molar-refractivity contribution in [1.82, 2.24) is 5.32 Å². The van der Waals surface area contributed by atoms with Crippen molar-refractivity contribution in [2.24, 2.45) is 0 Å². The minimum Gasteiger partial charge on any atom is -0.369 e. The fourth-order valence-electron chi connectivity index (χ4n) is 1.47. The van der Waals surface area contributed by atoms with E-state index in [0.717, 1.165) is 12.2 Å². The van der Waals surface area contributed by atoms with E-state index < -0.39 is 0 Å². The van der Waals surface area contributed by atoms with Crippen molar-refractivity contribution in [3.05, 3.63) is 30.3 Å². The Bertz CT molecular complexity index is 315. The Balaban J connectivity index is 2.69. The van der Waals surface area contributed by atoms with Crippen LogP contribution in [-0.2, 0) is 0 Å². The molecule has 1 atom stereocenters. The van der Waals surface area contributed by atoms with E-state index in [1.165, 1.54) is 0 Å². The van der Waals surface area contributed by atoms with Crippen LogP contribution in [0, 0.1) is 11.3 Å². The molecule has 0 saturated heterocycles. The third-order valence-corrected chi connectivity index (χ3v) is 2.41. The first-order valence-corrected chi connectivity index (χ1v) is 5.18. The smallest absolute Gasteiger partial charge is 0.113 e. The third kappa shape index (κ3) is 3.26. The van der Waals surface area contributed by atoms with E-state index in [4.69, 9.17) is 5.26 Å². The number of hydrogen-bond acceptors (Lipinski definition) is 3.